The van der Waals surface area contributed by atoms with E-state index in [9.17, 15) is 4.79 Å². The molecule has 0 spiro atoms. The highest BCUT2D eigenvalue weighted by molar-refractivity contribution is 6.74. The van der Waals surface area contributed by atoms with Gasteiger partial charge in [-0.15, -0.1) is 0 Å². The van der Waals surface area contributed by atoms with Gasteiger partial charge in [-0.2, -0.15) is 4.98 Å². The molecule has 0 aliphatic carbocycles. The summed E-state index contributed by atoms with van der Waals surface area (Å²) in [7, 11) is -0.797. The van der Waals surface area contributed by atoms with Gasteiger partial charge in [0.1, 0.15) is 24.1 Å². The number of methoxy groups -OCH3 is 1. The zero-order valence-electron chi connectivity index (χ0n) is 22.6. The topological polar surface area (TPSA) is 83.8 Å². The molecule has 8 nitrogen and oxygen atoms in total. The third-order valence-corrected chi connectivity index (χ3v) is 16.5. The molecule has 1 aliphatic rings. The van der Waals surface area contributed by atoms with Crippen LogP contribution < -0.4 is 11.0 Å². The standard InChI is InChI=1S/C23H45N3O5Si2/c1-22(2,3)32(9,10)29-15-16-18(31-33(11,12)23(4,5)6)19(28-8)20(30-16)26-14-13-17(24-7)25-21(26)27/h13-14,16,18-20H,15H2,1-12H3,(H,24,25,27)/t16-,18?,19?,20-/m1/s1. The third kappa shape index (κ3) is 6.15. The van der Waals surface area contributed by atoms with Gasteiger partial charge < -0.3 is 23.6 Å². The highest BCUT2D eigenvalue weighted by Gasteiger charge is 2.52. The Kier molecular flexibility index (Phi) is 8.46. The Morgan fingerprint density at radius 3 is 2.09 bits per heavy atom. The molecule has 2 rings (SSSR count). The van der Waals surface area contributed by atoms with E-state index in [0.717, 1.165) is 0 Å². The number of rotatable bonds is 8. The van der Waals surface area contributed by atoms with E-state index < -0.39 is 34.7 Å². The van der Waals surface area contributed by atoms with Crippen LogP contribution in [0.1, 0.15) is 47.8 Å². The summed E-state index contributed by atoms with van der Waals surface area (Å²) in [6, 6.07) is 1.75. The van der Waals surface area contributed by atoms with Crippen molar-refractivity contribution >= 4 is 22.5 Å². The molecule has 0 bridgehead atoms. The van der Waals surface area contributed by atoms with E-state index in [0.29, 0.717) is 12.4 Å². The second-order valence-electron chi connectivity index (χ2n) is 11.9. The van der Waals surface area contributed by atoms with E-state index in [1.165, 1.54) is 4.57 Å². The van der Waals surface area contributed by atoms with Crippen LogP contribution in [0.3, 0.4) is 0 Å². The molecule has 1 fully saturated rings. The van der Waals surface area contributed by atoms with Gasteiger partial charge in [-0.1, -0.05) is 41.5 Å². The van der Waals surface area contributed by atoms with Gasteiger partial charge in [-0.05, 0) is 42.3 Å². The van der Waals surface area contributed by atoms with Crippen molar-refractivity contribution in [2.45, 2.75) is 102 Å². The van der Waals surface area contributed by atoms with Crippen LogP contribution in [-0.4, -0.2) is 65.3 Å². The van der Waals surface area contributed by atoms with Gasteiger partial charge in [0.15, 0.2) is 22.9 Å². The number of hydrogen-bond donors (Lipinski definition) is 1. The summed E-state index contributed by atoms with van der Waals surface area (Å²) < 4.78 is 27.2. The quantitative estimate of drug-likeness (QED) is 0.523. The first-order valence-electron chi connectivity index (χ1n) is 11.7. The molecule has 33 heavy (non-hydrogen) atoms. The van der Waals surface area contributed by atoms with E-state index in [2.05, 4.69) is 78.0 Å². The average Bonchev–Trinajstić information content (AvgIpc) is 3.00. The summed E-state index contributed by atoms with van der Waals surface area (Å²) in [5, 5.41) is 2.99. The van der Waals surface area contributed by atoms with Gasteiger partial charge in [0.2, 0.25) is 0 Å². The minimum absolute atomic E-state index is 0.0149. The summed E-state index contributed by atoms with van der Waals surface area (Å²) in [5.41, 5.74) is -0.397. The molecule has 1 aromatic rings. The molecule has 1 aromatic heterocycles. The molecule has 10 heteroatoms. The Morgan fingerprint density at radius 2 is 1.64 bits per heavy atom. The van der Waals surface area contributed by atoms with Crippen LogP contribution in [0.25, 0.3) is 0 Å². The van der Waals surface area contributed by atoms with E-state index >= 15 is 0 Å². The van der Waals surface area contributed by atoms with Gasteiger partial charge in [0.05, 0.1) is 6.61 Å². The summed E-state index contributed by atoms with van der Waals surface area (Å²) in [6.07, 6.45) is -0.144. The normalized spacial score (nSPS) is 24.8. The van der Waals surface area contributed by atoms with Crippen LogP contribution >= 0.6 is 0 Å². The SMILES string of the molecule is CNc1ccn([C@@H]2O[C@H](CO[Si](C)(C)C(C)(C)C)C(O[Si](C)(C)C(C)(C)C)C2OC)c(=O)n1. The highest BCUT2D eigenvalue weighted by Crippen LogP contribution is 2.43. The second kappa shape index (κ2) is 9.90. The monoisotopic (exact) mass is 499 g/mol. The first-order valence-corrected chi connectivity index (χ1v) is 17.5. The fourth-order valence-corrected chi connectivity index (χ4v) is 5.56. The molecule has 2 unspecified atom stereocenters. The minimum atomic E-state index is -2.16. The molecule has 0 radical (unpaired) electrons. The second-order valence-corrected chi connectivity index (χ2v) is 21.5. The van der Waals surface area contributed by atoms with Crippen molar-refractivity contribution in [3.05, 3.63) is 22.7 Å². The number of anilines is 1. The number of ether oxygens (including phenoxy) is 2. The summed E-state index contributed by atoms with van der Waals surface area (Å²) in [6.45, 7) is 22.5. The fraction of sp³-hybridized carbons (Fsp3) is 0.826. The third-order valence-electron chi connectivity index (χ3n) is 7.57. The summed E-state index contributed by atoms with van der Waals surface area (Å²) >= 11 is 0. The zero-order valence-corrected chi connectivity index (χ0v) is 24.6. The number of nitrogens with zero attached hydrogens (tertiary/aromatic N) is 2. The lowest BCUT2D eigenvalue weighted by Crippen LogP contribution is -2.51. The van der Waals surface area contributed by atoms with Gasteiger partial charge in [-0.3, -0.25) is 4.57 Å². The largest absolute Gasteiger partial charge is 0.414 e. The number of nitrogens with one attached hydrogen (secondary N) is 1. The van der Waals surface area contributed by atoms with E-state index in [4.69, 9.17) is 18.3 Å². The van der Waals surface area contributed by atoms with Gasteiger partial charge in [0, 0.05) is 20.4 Å². The van der Waals surface area contributed by atoms with Crippen LogP contribution in [-0.2, 0) is 18.3 Å². The molecule has 190 valence electrons. The van der Waals surface area contributed by atoms with Crippen molar-refractivity contribution in [2.75, 3.05) is 26.1 Å². The Bertz CT molecular complexity index is 861. The van der Waals surface area contributed by atoms with E-state index in [-0.39, 0.29) is 22.3 Å². The minimum Gasteiger partial charge on any atom is -0.414 e. The lowest BCUT2D eigenvalue weighted by atomic mass is 10.1. The van der Waals surface area contributed by atoms with Gasteiger partial charge in [0.25, 0.3) is 0 Å². The Hall–Kier alpha value is -1.05. The van der Waals surface area contributed by atoms with Gasteiger partial charge in [-0.25, -0.2) is 4.79 Å². The zero-order chi connectivity index (χ0) is 25.4. The first-order chi connectivity index (χ1) is 14.9. The molecule has 1 aliphatic heterocycles. The average molecular weight is 500 g/mol. The fourth-order valence-electron chi connectivity index (χ4n) is 3.23. The van der Waals surface area contributed by atoms with Crippen molar-refractivity contribution in [1.82, 2.24) is 9.55 Å². The molecule has 1 N–H and O–H groups in total. The predicted octanol–water partition coefficient (Wildman–Crippen LogP) is 4.61. The van der Waals surface area contributed by atoms with Crippen LogP contribution in [0.2, 0.25) is 36.3 Å². The van der Waals surface area contributed by atoms with Crippen LogP contribution in [0.5, 0.6) is 0 Å². The van der Waals surface area contributed by atoms with Crippen molar-refractivity contribution in [3.8, 4) is 0 Å². The number of aromatic nitrogens is 2. The van der Waals surface area contributed by atoms with Crippen molar-refractivity contribution in [3.63, 3.8) is 0 Å². The van der Waals surface area contributed by atoms with Crippen molar-refractivity contribution < 1.29 is 18.3 Å². The van der Waals surface area contributed by atoms with E-state index in [1.54, 1.807) is 26.4 Å². The van der Waals surface area contributed by atoms with Crippen LogP contribution in [0.4, 0.5) is 5.82 Å². The maximum Gasteiger partial charge on any atom is 0.351 e. The smallest absolute Gasteiger partial charge is 0.351 e. The molecule has 0 aromatic carbocycles. The Morgan fingerprint density at radius 1 is 1.06 bits per heavy atom. The highest BCUT2D eigenvalue weighted by atomic mass is 28.4. The van der Waals surface area contributed by atoms with Crippen molar-refractivity contribution in [2.24, 2.45) is 0 Å². The summed E-state index contributed by atoms with van der Waals surface area (Å²) in [4.78, 5) is 16.9. The summed E-state index contributed by atoms with van der Waals surface area (Å²) in [5.74, 6) is 0.509. The van der Waals surface area contributed by atoms with E-state index in [1.807, 2.05) is 0 Å². The van der Waals surface area contributed by atoms with Crippen LogP contribution in [0, 0.1) is 0 Å². The molecule has 2 heterocycles. The Balaban J connectivity index is 2.43. The van der Waals surface area contributed by atoms with Gasteiger partial charge >= 0.3 is 5.69 Å². The molecule has 4 atom stereocenters. The first kappa shape index (κ1) is 28.2. The molecule has 0 amide bonds. The lowest BCUT2D eigenvalue weighted by molar-refractivity contribution is -0.0612. The predicted molar refractivity (Wildman–Crippen MR) is 138 cm³/mol. The molecule has 0 saturated carbocycles. The number of hydrogen-bond acceptors (Lipinski definition) is 7. The molecular formula is C23H45N3O5Si2. The molecular weight excluding hydrogens is 454 g/mol. The maximum atomic E-state index is 12.8. The lowest BCUT2D eigenvalue weighted by Gasteiger charge is -2.41. The maximum absolute atomic E-state index is 12.8. The Labute approximate surface area is 201 Å². The van der Waals surface area contributed by atoms with Crippen molar-refractivity contribution in [1.29, 1.82) is 0 Å². The molecule has 1 saturated heterocycles. The van der Waals surface area contributed by atoms with Crippen LogP contribution in [0.15, 0.2) is 17.1 Å².